The summed E-state index contributed by atoms with van der Waals surface area (Å²) in [6.07, 6.45) is 1.74. The van der Waals surface area contributed by atoms with Crippen molar-refractivity contribution in [1.29, 1.82) is 0 Å². The van der Waals surface area contributed by atoms with Crippen molar-refractivity contribution in [3.63, 3.8) is 0 Å². The highest BCUT2D eigenvalue weighted by Gasteiger charge is 2.30. The predicted molar refractivity (Wildman–Crippen MR) is 126 cm³/mol. The van der Waals surface area contributed by atoms with Crippen LogP contribution in [0.15, 0.2) is 89.8 Å². The van der Waals surface area contributed by atoms with E-state index in [9.17, 15) is 13.2 Å². The Morgan fingerprint density at radius 1 is 0.875 bits per heavy atom. The molecule has 166 valence electrons. The Kier molecular flexibility index (Phi) is 6.44. The first-order valence-electron chi connectivity index (χ1n) is 10.9. The third kappa shape index (κ3) is 4.47. The normalized spacial score (nSPS) is 14.9. The Labute approximate surface area is 190 Å². The molecule has 1 heterocycles. The van der Waals surface area contributed by atoms with E-state index < -0.39 is 15.4 Å². The molecule has 1 N–H and O–H groups in total. The first kappa shape index (κ1) is 22.2. The molecule has 0 unspecified atom stereocenters. The standard InChI is InChI=1S/C26H28N2O3S/c1-26(22-12-4-2-5-13-22,23-14-6-3-7-15-23)20-27-25(29)21-11-10-16-24(19-21)32(30,31)28-17-8-9-18-28/h2-7,10-16,19H,8-9,17-18,20H2,1H3,(H,27,29). The van der Waals surface area contributed by atoms with Crippen LogP contribution in [0, 0.1) is 0 Å². The van der Waals surface area contributed by atoms with Gasteiger partial charge in [-0.1, -0.05) is 66.7 Å². The topological polar surface area (TPSA) is 66.5 Å². The molecule has 3 aromatic carbocycles. The Morgan fingerprint density at radius 3 is 2.00 bits per heavy atom. The van der Waals surface area contributed by atoms with Crippen molar-refractivity contribution in [2.75, 3.05) is 19.6 Å². The van der Waals surface area contributed by atoms with Gasteiger partial charge in [0.2, 0.25) is 10.0 Å². The lowest BCUT2D eigenvalue weighted by atomic mass is 9.76. The monoisotopic (exact) mass is 448 g/mol. The van der Waals surface area contributed by atoms with Crippen molar-refractivity contribution in [3.8, 4) is 0 Å². The van der Waals surface area contributed by atoms with Crippen LogP contribution in [0.2, 0.25) is 0 Å². The average molecular weight is 449 g/mol. The molecule has 1 amide bonds. The van der Waals surface area contributed by atoms with Crippen molar-refractivity contribution < 1.29 is 13.2 Å². The highest BCUT2D eigenvalue weighted by Crippen LogP contribution is 2.31. The van der Waals surface area contributed by atoms with Crippen LogP contribution in [0.1, 0.15) is 41.3 Å². The van der Waals surface area contributed by atoms with E-state index >= 15 is 0 Å². The minimum absolute atomic E-state index is 0.168. The molecular formula is C26H28N2O3S. The van der Waals surface area contributed by atoms with E-state index in [1.54, 1.807) is 18.2 Å². The van der Waals surface area contributed by atoms with Crippen molar-refractivity contribution >= 4 is 15.9 Å². The summed E-state index contributed by atoms with van der Waals surface area (Å²) in [6.45, 7) is 3.55. The number of sulfonamides is 1. The van der Waals surface area contributed by atoms with Crippen molar-refractivity contribution in [1.82, 2.24) is 9.62 Å². The number of carbonyl (C=O) groups excluding carboxylic acids is 1. The SMILES string of the molecule is CC(CNC(=O)c1cccc(S(=O)(=O)N2CCCC2)c1)(c1ccccc1)c1ccccc1. The van der Waals surface area contributed by atoms with Crippen LogP contribution in [0.25, 0.3) is 0 Å². The number of benzene rings is 3. The third-order valence-corrected chi connectivity index (χ3v) is 8.12. The summed E-state index contributed by atoms with van der Waals surface area (Å²) in [7, 11) is -3.57. The molecule has 0 bridgehead atoms. The molecule has 6 heteroatoms. The van der Waals surface area contributed by atoms with Gasteiger partial charge in [0.25, 0.3) is 5.91 Å². The van der Waals surface area contributed by atoms with Crippen LogP contribution in [-0.2, 0) is 15.4 Å². The van der Waals surface area contributed by atoms with Gasteiger partial charge in [0.1, 0.15) is 0 Å². The average Bonchev–Trinajstić information content (AvgIpc) is 3.40. The number of rotatable bonds is 7. The van der Waals surface area contributed by atoms with Gasteiger partial charge in [0.05, 0.1) is 4.90 Å². The van der Waals surface area contributed by atoms with E-state index in [0.717, 1.165) is 24.0 Å². The van der Waals surface area contributed by atoms with E-state index in [1.165, 1.54) is 10.4 Å². The molecule has 1 saturated heterocycles. The maximum Gasteiger partial charge on any atom is 0.251 e. The summed E-state index contributed by atoms with van der Waals surface area (Å²) >= 11 is 0. The minimum atomic E-state index is -3.57. The van der Waals surface area contributed by atoms with Crippen molar-refractivity contribution in [2.45, 2.75) is 30.1 Å². The number of nitrogens with zero attached hydrogens (tertiary/aromatic N) is 1. The van der Waals surface area contributed by atoms with Crippen LogP contribution in [0.4, 0.5) is 0 Å². The van der Waals surface area contributed by atoms with Gasteiger partial charge >= 0.3 is 0 Å². The Morgan fingerprint density at radius 2 is 1.44 bits per heavy atom. The Balaban J connectivity index is 1.57. The largest absolute Gasteiger partial charge is 0.351 e. The highest BCUT2D eigenvalue weighted by atomic mass is 32.2. The van der Waals surface area contributed by atoms with Gasteiger partial charge in [0.15, 0.2) is 0 Å². The summed E-state index contributed by atoms with van der Waals surface area (Å²) in [5, 5.41) is 3.04. The van der Waals surface area contributed by atoms with E-state index in [4.69, 9.17) is 0 Å². The molecule has 4 rings (SSSR count). The zero-order valence-electron chi connectivity index (χ0n) is 18.2. The summed E-state index contributed by atoms with van der Waals surface area (Å²) in [6, 6.07) is 26.5. The zero-order chi connectivity index (χ0) is 22.6. The second-order valence-electron chi connectivity index (χ2n) is 8.39. The van der Waals surface area contributed by atoms with Gasteiger partial charge in [0, 0.05) is 30.6 Å². The van der Waals surface area contributed by atoms with E-state index in [0.29, 0.717) is 25.2 Å². The molecular weight excluding hydrogens is 420 g/mol. The summed E-state index contributed by atoms with van der Waals surface area (Å²) in [5.74, 6) is -0.290. The fourth-order valence-corrected chi connectivity index (χ4v) is 5.78. The molecule has 1 fully saturated rings. The van der Waals surface area contributed by atoms with Crippen molar-refractivity contribution in [2.24, 2.45) is 0 Å². The van der Waals surface area contributed by atoms with Gasteiger partial charge in [-0.05, 0) is 49.1 Å². The number of hydrogen-bond donors (Lipinski definition) is 1. The molecule has 0 saturated carbocycles. The van der Waals surface area contributed by atoms with Gasteiger partial charge in [-0.2, -0.15) is 4.31 Å². The summed E-state index contributed by atoms with van der Waals surface area (Å²) < 4.78 is 27.3. The summed E-state index contributed by atoms with van der Waals surface area (Å²) in [5.41, 5.74) is 2.10. The van der Waals surface area contributed by atoms with E-state index in [2.05, 4.69) is 36.5 Å². The number of amides is 1. The first-order chi connectivity index (χ1) is 15.4. The van der Waals surface area contributed by atoms with Crippen molar-refractivity contribution in [3.05, 3.63) is 102 Å². The third-order valence-electron chi connectivity index (χ3n) is 6.22. The maximum absolute atomic E-state index is 13.0. The molecule has 1 aliphatic heterocycles. The lowest BCUT2D eigenvalue weighted by Gasteiger charge is -2.31. The van der Waals surface area contributed by atoms with Gasteiger partial charge in [-0.25, -0.2) is 8.42 Å². The predicted octanol–water partition coefficient (Wildman–Crippen LogP) is 4.21. The molecule has 32 heavy (non-hydrogen) atoms. The van der Waals surface area contributed by atoms with Gasteiger partial charge < -0.3 is 5.32 Å². The van der Waals surface area contributed by atoms with Gasteiger partial charge in [-0.3, -0.25) is 4.79 Å². The molecule has 3 aromatic rings. The number of hydrogen-bond acceptors (Lipinski definition) is 3. The minimum Gasteiger partial charge on any atom is -0.351 e. The van der Waals surface area contributed by atoms with Crippen LogP contribution in [0.5, 0.6) is 0 Å². The molecule has 0 aromatic heterocycles. The number of nitrogens with one attached hydrogen (secondary N) is 1. The lowest BCUT2D eigenvalue weighted by molar-refractivity contribution is 0.0947. The zero-order valence-corrected chi connectivity index (χ0v) is 19.0. The summed E-state index contributed by atoms with van der Waals surface area (Å²) in [4.78, 5) is 13.2. The van der Waals surface area contributed by atoms with E-state index in [-0.39, 0.29) is 10.8 Å². The second kappa shape index (κ2) is 9.27. The van der Waals surface area contributed by atoms with Crippen LogP contribution < -0.4 is 5.32 Å². The van der Waals surface area contributed by atoms with Gasteiger partial charge in [-0.15, -0.1) is 0 Å². The fraction of sp³-hybridized carbons (Fsp3) is 0.269. The molecule has 0 radical (unpaired) electrons. The first-order valence-corrected chi connectivity index (χ1v) is 12.3. The molecule has 0 spiro atoms. The second-order valence-corrected chi connectivity index (χ2v) is 10.3. The Bertz CT molecular complexity index is 1130. The van der Waals surface area contributed by atoms with Crippen LogP contribution in [0.3, 0.4) is 0 Å². The highest BCUT2D eigenvalue weighted by molar-refractivity contribution is 7.89. The molecule has 0 aliphatic carbocycles. The molecule has 1 aliphatic rings. The fourth-order valence-electron chi connectivity index (χ4n) is 4.22. The lowest BCUT2D eigenvalue weighted by Crippen LogP contribution is -2.39. The maximum atomic E-state index is 13.0. The van der Waals surface area contributed by atoms with E-state index in [1.807, 2.05) is 36.4 Å². The molecule has 0 atom stereocenters. The molecule has 5 nitrogen and oxygen atoms in total. The van der Waals surface area contributed by atoms with Crippen LogP contribution in [-0.4, -0.2) is 38.3 Å². The Hall–Kier alpha value is -2.96. The quantitative estimate of drug-likeness (QED) is 0.589. The smallest absolute Gasteiger partial charge is 0.251 e. The number of carbonyl (C=O) groups is 1. The van der Waals surface area contributed by atoms with Crippen LogP contribution >= 0.6 is 0 Å².